The van der Waals surface area contributed by atoms with Crippen LogP contribution in [0.5, 0.6) is 0 Å². The van der Waals surface area contributed by atoms with Crippen LogP contribution in [0.4, 0.5) is 4.39 Å². The molecule has 94 valence electrons. The first-order valence-corrected chi connectivity index (χ1v) is 6.32. The average Bonchev–Trinajstić information content (AvgIpc) is 2.83. The van der Waals surface area contributed by atoms with Gasteiger partial charge in [0.05, 0.1) is 5.56 Å². The summed E-state index contributed by atoms with van der Waals surface area (Å²) in [7, 11) is 0. The predicted octanol–water partition coefficient (Wildman–Crippen LogP) is 2.83. The van der Waals surface area contributed by atoms with Crippen LogP contribution in [-0.2, 0) is 0 Å². The minimum atomic E-state index is -0.533. The van der Waals surface area contributed by atoms with Crippen molar-refractivity contribution < 1.29 is 9.18 Å². The number of halogens is 1. The quantitative estimate of drug-likeness (QED) is 0.688. The van der Waals surface area contributed by atoms with Crippen molar-refractivity contribution in [2.45, 2.75) is 10.1 Å². The molecule has 0 saturated heterocycles. The molecule has 2 aromatic heterocycles. The fourth-order valence-corrected chi connectivity index (χ4v) is 2.64. The summed E-state index contributed by atoms with van der Waals surface area (Å²) >= 11 is 1.21. The number of aromatic nitrogens is 3. The lowest BCUT2D eigenvalue weighted by Gasteiger charge is -2.03. The van der Waals surface area contributed by atoms with Gasteiger partial charge in [-0.3, -0.25) is 9.20 Å². The summed E-state index contributed by atoms with van der Waals surface area (Å²) < 4.78 is 15.3. The van der Waals surface area contributed by atoms with Crippen LogP contribution in [0.3, 0.4) is 0 Å². The summed E-state index contributed by atoms with van der Waals surface area (Å²) in [5, 5.41) is 8.62. The lowest BCUT2D eigenvalue weighted by molar-refractivity contribution is 0.111. The lowest BCUT2D eigenvalue weighted by Crippen LogP contribution is -1.92. The van der Waals surface area contributed by atoms with Gasteiger partial charge in [0.1, 0.15) is 5.82 Å². The Morgan fingerprint density at radius 3 is 2.89 bits per heavy atom. The van der Waals surface area contributed by atoms with Gasteiger partial charge >= 0.3 is 0 Å². The van der Waals surface area contributed by atoms with Crippen molar-refractivity contribution in [3.05, 3.63) is 54.0 Å². The van der Waals surface area contributed by atoms with Gasteiger partial charge in [-0.15, -0.1) is 10.2 Å². The zero-order chi connectivity index (χ0) is 13.2. The van der Waals surface area contributed by atoms with E-state index in [1.807, 2.05) is 24.4 Å². The number of hydrogen-bond donors (Lipinski definition) is 0. The van der Waals surface area contributed by atoms with Crippen LogP contribution in [-0.4, -0.2) is 20.9 Å². The van der Waals surface area contributed by atoms with Gasteiger partial charge in [-0.25, -0.2) is 4.39 Å². The maximum absolute atomic E-state index is 13.5. The van der Waals surface area contributed by atoms with Crippen molar-refractivity contribution in [2.75, 3.05) is 0 Å². The smallest absolute Gasteiger partial charge is 0.200 e. The van der Waals surface area contributed by atoms with E-state index in [1.165, 1.54) is 17.8 Å². The molecule has 0 saturated carbocycles. The third-order valence-electron chi connectivity index (χ3n) is 2.61. The van der Waals surface area contributed by atoms with Crippen LogP contribution < -0.4 is 0 Å². The highest BCUT2D eigenvalue weighted by atomic mass is 32.2. The standard InChI is InChI=1S/C13H8FN3OS/c14-10-4-3-5-11(9(10)8-18)19-13-16-15-12-6-1-2-7-17(12)13/h1-8H. The minimum Gasteiger partial charge on any atom is -0.298 e. The summed E-state index contributed by atoms with van der Waals surface area (Å²) in [5.41, 5.74) is 0.745. The van der Waals surface area contributed by atoms with Gasteiger partial charge in [0.15, 0.2) is 17.1 Å². The molecule has 0 spiro atoms. The van der Waals surface area contributed by atoms with E-state index >= 15 is 0 Å². The molecule has 0 amide bonds. The van der Waals surface area contributed by atoms with Gasteiger partial charge < -0.3 is 0 Å². The molecule has 6 heteroatoms. The summed E-state index contributed by atoms with van der Waals surface area (Å²) in [6, 6.07) is 10.0. The van der Waals surface area contributed by atoms with E-state index < -0.39 is 5.82 Å². The molecule has 0 aliphatic heterocycles. The molecule has 1 aromatic carbocycles. The Labute approximate surface area is 112 Å². The fraction of sp³-hybridized carbons (Fsp3) is 0. The maximum atomic E-state index is 13.5. The first kappa shape index (κ1) is 11.9. The Morgan fingerprint density at radius 1 is 1.16 bits per heavy atom. The Kier molecular flexibility index (Phi) is 3.00. The number of aldehydes is 1. The van der Waals surface area contributed by atoms with Gasteiger partial charge in [0.25, 0.3) is 0 Å². The topological polar surface area (TPSA) is 47.3 Å². The molecule has 3 rings (SSSR count). The van der Waals surface area contributed by atoms with Crippen molar-refractivity contribution in [3.8, 4) is 0 Å². The molecule has 0 fully saturated rings. The van der Waals surface area contributed by atoms with E-state index in [1.54, 1.807) is 16.5 Å². The maximum Gasteiger partial charge on any atom is 0.200 e. The number of fused-ring (bicyclic) bond motifs is 1. The minimum absolute atomic E-state index is 0.0418. The van der Waals surface area contributed by atoms with Crippen molar-refractivity contribution in [3.63, 3.8) is 0 Å². The Balaban J connectivity index is 2.06. The Morgan fingerprint density at radius 2 is 2.05 bits per heavy atom. The Hall–Kier alpha value is -2.21. The van der Waals surface area contributed by atoms with Crippen molar-refractivity contribution in [2.24, 2.45) is 0 Å². The molecule has 0 atom stereocenters. The molecule has 0 aliphatic carbocycles. The molecular formula is C13H8FN3OS. The third-order valence-corrected chi connectivity index (χ3v) is 3.65. The van der Waals surface area contributed by atoms with Crippen molar-refractivity contribution >= 4 is 23.7 Å². The second-order valence-electron chi connectivity index (χ2n) is 3.78. The second kappa shape index (κ2) is 4.81. The summed E-state index contributed by atoms with van der Waals surface area (Å²) in [6.07, 6.45) is 2.33. The van der Waals surface area contributed by atoms with E-state index in [9.17, 15) is 9.18 Å². The summed E-state index contributed by atoms with van der Waals surface area (Å²) in [4.78, 5) is 11.5. The molecule has 0 unspecified atom stereocenters. The molecule has 0 bridgehead atoms. The van der Waals surface area contributed by atoms with Gasteiger partial charge in [-0.1, -0.05) is 12.1 Å². The number of benzene rings is 1. The number of rotatable bonds is 3. The van der Waals surface area contributed by atoms with E-state index in [0.717, 1.165) is 0 Å². The number of carbonyl (C=O) groups excluding carboxylic acids is 1. The molecule has 0 aliphatic rings. The van der Waals surface area contributed by atoms with E-state index in [0.29, 0.717) is 22.0 Å². The number of hydrogen-bond acceptors (Lipinski definition) is 4. The highest BCUT2D eigenvalue weighted by Crippen LogP contribution is 2.29. The third kappa shape index (κ3) is 2.10. The molecule has 0 radical (unpaired) electrons. The largest absolute Gasteiger partial charge is 0.298 e. The molecule has 4 nitrogen and oxygen atoms in total. The van der Waals surface area contributed by atoms with E-state index in [4.69, 9.17) is 0 Å². The van der Waals surface area contributed by atoms with E-state index in [-0.39, 0.29) is 5.56 Å². The fourth-order valence-electron chi connectivity index (χ4n) is 1.71. The van der Waals surface area contributed by atoms with Crippen molar-refractivity contribution in [1.82, 2.24) is 14.6 Å². The number of carbonyl (C=O) groups is 1. The van der Waals surface area contributed by atoms with Crippen LogP contribution in [0.2, 0.25) is 0 Å². The van der Waals surface area contributed by atoms with Crippen LogP contribution in [0.15, 0.2) is 52.6 Å². The second-order valence-corrected chi connectivity index (χ2v) is 4.79. The molecule has 19 heavy (non-hydrogen) atoms. The SMILES string of the molecule is O=Cc1c(F)cccc1Sc1nnc2ccccn12. The molecule has 3 aromatic rings. The summed E-state index contributed by atoms with van der Waals surface area (Å²) in [6.45, 7) is 0. The first-order valence-electron chi connectivity index (χ1n) is 5.51. The normalized spacial score (nSPS) is 10.8. The van der Waals surface area contributed by atoms with Gasteiger partial charge in [-0.2, -0.15) is 0 Å². The van der Waals surface area contributed by atoms with Crippen molar-refractivity contribution in [1.29, 1.82) is 0 Å². The first-order chi connectivity index (χ1) is 9.29. The van der Waals surface area contributed by atoms with E-state index in [2.05, 4.69) is 10.2 Å². The van der Waals surface area contributed by atoms with Crippen LogP contribution in [0, 0.1) is 5.82 Å². The monoisotopic (exact) mass is 273 g/mol. The number of nitrogens with zero attached hydrogens (tertiary/aromatic N) is 3. The molecule has 2 heterocycles. The van der Waals surface area contributed by atoms with Gasteiger partial charge in [0, 0.05) is 11.1 Å². The van der Waals surface area contributed by atoms with Crippen LogP contribution in [0.1, 0.15) is 10.4 Å². The van der Waals surface area contributed by atoms with Gasteiger partial charge in [0.2, 0.25) is 0 Å². The average molecular weight is 273 g/mol. The lowest BCUT2D eigenvalue weighted by atomic mass is 10.2. The molecule has 0 N–H and O–H groups in total. The zero-order valence-corrected chi connectivity index (χ0v) is 10.5. The van der Waals surface area contributed by atoms with Crippen LogP contribution in [0.25, 0.3) is 5.65 Å². The number of pyridine rings is 1. The highest BCUT2D eigenvalue weighted by Gasteiger charge is 2.12. The predicted molar refractivity (Wildman–Crippen MR) is 68.9 cm³/mol. The molecular weight excluding hydrogens is 265 g/mol. The Bertz CT molecular complexity index is 756. The van der Waals surface area contributed by atoms with Gasteiger partial charge in [-0.05, 0) is 36.0 Å². The van der Waals surface area contributed by atoms with Crippen LogP contribution >= 0.6 is 11.8 Å². The summed E-state index contributed by atoms with van der Waals surface area (Å²) in [5.74, 6) is -0.533. The zero-order valence-electron chi connectivity index (χ0n) is 9.65. The highest BCUT2D eigenvalue weighted by molar-refractivity contribution is 7.99.